The molecule has 0 atom stereocenters. The monoisotopic (exact) mass is 295 g/mol. The van der Waals surface area contributed by atoms with Crippen LogP contribution in [-0.4, -0.2) is 68.2 Å². The molecular weight excluding hydrogens is 271 g/mol. The Kier molecular flexibility index (Phi) is 6.75. The van der Waals surface area contributed by atoms with Gasteiger partial charge >= 0.3 is 6.18 Å². The van der Waals surface area contributed by atoms with Gasteiger partial charge < -0.3 is 10.2 Å². The average Bonchev–Trinajstić information content (AvgIpc) is 2.35. The van der Waals surface area contributed by atoms with E-state index in [0.717, 1.165) is 25.9 Å². The third kappa shape index (κ3) is 7.09. The lowest BCUT2D eigenvalue weighted by molar-refractivity contribution is -0.135. The van der Waals surface area contributed by atoms with Crippen molar-refractivity contribution in [3.63, 3.8) is 0 Å². The van der Waals surface area contributed by atoms with E-state index in [4.69, 9.17) is 0 Å². The molecule has 0 radical (unpaired) electrons. The number of nitrogens with zero attached hydrogens (tertiary/aromatic N) is 2. The number of nitrogens with one attached hydrogen (secondary N) is 1. The summed E-state index contributed by atoms with van der Waals surface area (Å²) >= 11 is 0. The summed E-state index contributed by atoms with van der Waals surface area (Å²) in [5.41, 5.74) is 0. The minimum atomic E-state index is -4.06. The fourth-order valence-electron chi connectivity index (χ4n) is 2.22. The van der Waals surface area contributed by atoms with Crippen LogP contribution in [0.4, 0.5) is 13.2 Å². The lowest BCUT2D eigenvalue weighted by atomic mass is 10.0. The Labute approximate surface area is 118 Å². The predicted octanol–water partition coefficient (Wildman–Crippen LogP) is 1.47. The van der Waals surface area contributed by atoms with E-state index in [9.17, 15) is 18.0 Å². The van der Waals surface area contributed by atoms with Crippen LogP contribution in [0.2, 0.25) is 0 Å². The smallest absolute Gasteiger partial charge is 0.348 e. The van der Waals surface area contributed by atoms with Gasteiger partial charge in [-0.15, -0.1) is 0 Å². The Morgan fingerprint density at radius 1 is 1.30 bits per heavy atom. The predicted molar refractivity (Wildman–Crippen MR) is 71.4 cm³/mol. The van der Waals surface area contributed by atoms with Crippen molar-refractivity contribution < 1.29 is 18.0 Å². The summed E-state index contributed by atoms with van der Waals surface area (Å²) in [4.78, 5) is 15.2. The van der Waals surface area contributed by atoms with E-state index in [1.165, 1.54) is 0 Å². The molecule has 0 saturated carbocycles. The number of alkyl halides is 3. The van der Waals surface area contributed by atoms with E-state index < -0.39 is 12.6 Å². The third-order valence-corrected chi connectivity index (χ3v) is 3.52. The quantitative estimate of drug-likeness (QED) is 0.754. The average molecular weight is 295 g/mol. The van der Waals surface area contributed by atoms with Crippen LogP contribution in [0.15, 0.2) is 0 Å². The van der Waals surface area contributed by atoms with Gasteiger partial charge in [-0.2, -0.15) is 13.2 Å². The standard InChI is InChI=1S/C13H24F3N3O/c1-18(2)12(20)10-19-8-4-11(5-9-19)17-7-3-6-13(14,15)16/h11,17H,3-10H2,1-2H3. The summed E-state index contributed by atoms with van der Waals surface area (Å²) in [7, 11) is 3.47. The van der Waals surface area contributed by atoms with Crippen LogP contribution in [0.5, 0.6) is 0 Å². The molecule has 118 valence electrons. The molecule has 0 unspecified atom stereocenters. The topological polar surface area (TPSA) is 35.6 Å². The van der Waals surface area contributed by atoms with Crippen LogP contribution in [0.1, 0.15) is 25.7 Å². The summed E-state index contributed by atoms with van der Waals surface area (Å²) in [6.07, 6.45) is -2.89. The van der Waals surface area contributed by atoms with Gasteiger partial charge in [-0.05, 0) is 25.8 Å². The van der Waals surface area contributed by atoms with Crippen LogP contribution >= 0.6 is 0 Å². The Morgan fingerprint density at radius 3 is 2.40 bits per heavy atom. The number of carbonyl (C=O) groups is 1. The molecule has 0 spiro atoms. The Balaban J connectivity index is 2.12. The Morgan fingerprint density at radius 2 is 1.90 bits per heavy atom. The van der Waals surface area contributed by atoms with E-state index >= 15 is 0 Å². The van der Waals surface area contributed by atoms with Crippen molar-refractivity contribution >= 4 is 5.91 Å². The SMILES string of the molecule is CN(C)C(=O)CN1CCC(NCCCC(F)(F)F)CC1. The zero-order valence-electron chi connectivity index (χ0n) is 12.2. The summed E-state index contributed by atoms with van der Waals surface area (Å²) in [6.45, 7) is 2.46. The fourth-order valence-corrected chi connectivity index (χ4v) is 2.22. The summed E-state index contributed by atoms with van der Waals surface area (Å²) < 4.78 is 36.0. The molecule has 1 saturated heterocycles. The summed E-state index contributed by atoms with van der Waals surface area (Å²) in [5, 5.41) is 3.17. The van der Waals surface area contributed by atoms with Crippen molar-refractivity contribution in [2.45, 2.75) is 37.9 Å². The Hall–Kier alpha value is -0.820. The fraction of sp³-hybridized carbons (Fsp3) is 0.923. The molecule has 1 aliphatic heterocycles. The number of amides is 1. The zero-order chi connectivity index (χ0) is 15.2. The van der Waals surface area contributed by atoms with Gasteiger partial charge in [0.1, 0.15) is 0 Å². The number of hydrogen-bond acceptors (Lipinski definition) is 3. The van der Waals surface area contributed by atoms with E-state index in [2.05, 4.69) is 10.2 Å². The maximum absolute atomic E-state index is 12.0. The molecular formula is C13H24F3N3O. The molecule has 0 aromatic rings. The first kappa shape index (κ1) is 17.2. The highest BCUT2D eigenvalue weighted by molar-refractivity contribution is 5.77. The van der Waals surface area contributed by atoms with E-state index in [0.29, 0.717) is 13.1 Å². The van der Waals surface area contributed by atoms with Crippen LogP contribution in [0.3, 0.4) is 0 Å². The largest absolute Gasteiger partial charge is 0.389 e. The first-order valence-electron chi connectivity index (χ1n) is 7.00. The molecule has 1 rings (SSSR count). The minimum absolute atomic E-state index is 0.0848. The van der Waals surface area contributed by atoms with Gasteiger partial charge in [0.05, 0.1) is 6.54 Å². The molecule has 1 aliphatic rings. The van der Waals surface area contributed by atoms with Gasteiger partial charge in [0.25, 0.3) is 0 Å². The highest BCUT2D eigenvalue weighted by Crippen LogP contribution is 2.21. The number of likely N-dealkylation sites (N-methyl/N-ethyl adjacent to an activating group) is 1. The van der Waals surface area contributed by atoms with Crippen molar-refractivity contribution in [3.8, 4) is 0 Å². The van der Waals surface area contributed by atoms with Gasteiger partial charge in [-0.25, -0.2) is 0 Å². The summed E-state index contributed by atoms with van der Waals surface area (Å²) in [5.74, 6) is 0.0848. The van der Waals surface area contributed by atoms with Crippen LogP contribution in [0, 0.1) is 0 Å². The molecule has 0 bridgehead atoms. The number of halogens is 3. The number of rotatable bonds is 6. The van der Waals surface area contributed by atoms with Crippen molar-refractivity contribution in [3.05, 3.63) is 0 Å². The van der Waals surface area contributed by atoms with Crippen LogP contribution in [-0.2, 0) is 4.79 Å². The number of hydrogen-bond donors (Lipinski definition) is 1. The Bertz CT molecular complexity index is 300. The highest BCUT2D eigenvalue weighted by atomic mass is 19.4. The lowest BCUT2D eigenvalue weighted by Gasteiger charge is -2.32. The maximum atomic E-state index is 12.0. The first-order chi connectivity index (χ1) is 9.28. The second-order valence-electron chi connectivity index (χ2n) is 5.51. The normalized spacial score (nSPS) is 18.2. The molecule has 0 aromatic carbocycles. The van der Waals surface area contributed by atoms with Crippen molar-refractivity contribution in [2.75, 3.05) is 40.3 Å². The molecule has 1 fully saturated rings. The molecule has 1 heterocycles. The second-order valence-corrected chi connectivity index (χ2v) is 5.51. The summed E-state index contributed by atoms with van der Waals surface area (Å²) in [6, 6.07) is 0.272. The van der Waals surface area contributed by atoms with Gasteiger partial charge in [0.15, 0.2) is 0 Å². The molecule has 0 aliphatic carbocycles. The van der Waals surface area contributed by atoms with E-state index in [-0.39, 0.29) is 18.4 Å². The second kappa shape index (κ2) is 7.83. The van der Waals surface area contributed by atoms with E-state index in [1.54, 1.807) is 19.0 Å². The van der Waals surface area contributed by atoms with Crippen LogP contribution < -0.4 is 5.32 Å². The lowest BCUT2D eigenvalue weighted by Crippen LogP contribution is -2.46. The zero-order valence-corrected chi connectivity index (χ0v) is 12.2. The van der Waals surface area contributed by atoms with Crippen molar-refractivity contribution in [1.29, 1.82) is 0 Å². The number of likely N-dealkylation sites (tertiary alicyclic amines) is 1. The molecule has 20 heavy (non-hydrogen) atoms. The molecule has 0 aromatic heterocycles. The van der Waals surface area contributed by atoms with Crippen LogP contribution in [0.25, 0.3) is 0 Å². The van der Waals surface area contributed by atoms with Gasteiger partial charge in [-0.1, -0.05) is 0 Å². The first-order valence-corrected chi connectivity index (χ1v) is 7.00. The molecule has 1 amide bonds. The molecule has 7 heteroatoms. The number of carbonyl (C=O) groups excluding carboxylic acids is 1. The maximum Gasteiger partial charge on any atom is 0.389 e. The molecule has 4 nitrogen and oxygen atoms in total. The molecule has 1 N–H and O–H groups in total. The highest BCUT2D eigenvalue weighted by Gasteiger charge is 2.26. The van der Waals surface area contributed by atoms with Crippen molar-refractivity contribution in [1.82, 2.24) is 15.1 Å². The van der Waals surface area contributed by atoms with E-state index in [1.807, 2.05) is 0 Å². The van der Waals surface area contributed by atoms with Gasteiger partial charge in [0, 0.05) is 39.6 Å². The number of piperidine rings is 1. The third-order valence-electron chi connectivity index (χ3n) is 3.52. The van der Waals surface area contributed by atoms with Crippen molar-refractivity contribution in [2.24, 2.45) is 0 Å². The van der Waals surface area contributed by atoms with Gasteiger partial charge in [-0.3, -0.25) is 9.69 Å². The minimum Gasteiger partial charge on any atom is -0.348 e. The van der Waals surface area contributed by atoms with Gasteiger partial charge in [0.2, 0.25) is 5.91 Å².